The number of ether oxygens (including phenoxy) is 3. The number of esters is 1. The van der Waals surface area contributed by atoms with Crippen LogP contribution in [-0.4, -0.2) is 77.5 Å². The van der Waals surface area contributed by atoms with Crippen LogP contribution in [-0.2, 0) is 27.9 Å². The molecule has 2 saturated heterocycles. The first-order chi connectivity index (χ1) is 16.3. The first-order valence-electron chi connectivity index (χ1n) is 13.7. The molecular formula is C27H54O7Si2. The van der Waals surface area contributed by atoms with Gasteiger partial charge in [-0.2, -0.15) is 0 Å². The van der Waals surface area contributed by atoms with E-state index in [1.807, 2.05) is 0 Å². The van der Waals surface area contributed by atoms with Gasteiger partial charge < -0.3 is 28.2 Å². The van der Waals surface area contributed by atoms with Crippen molar-refractivity contribution >= 4 is 22.6 Å². The second-order valence-electron chi connectivity index (χ2n) is 13.8. The number of aliphatic hydroxyl groups is 1. The molecule has 1 N–H and O–H groups in total. The summed E-state index contributed by atoms with van der Waals surface area (Å²) in [7, 11) is -3.94. The summed E-state index contributed by atoms with van der Waals surface area (Å²) in [6, 6.07) is 0. The number of aliphatic hydroxyl groups excluding tert-OH is 1. The zero-order chi connectivity index (χ0) is 27.7. The van der Waals surface area contributed by atoms with Gasteiger partial charge in [-0.1, -0.05) is 48.5 Å². The molecule has 0 aliphatic carbocycles. The summed E-state index contributed by atoms with van der Waals surface area (Å²) in [6.07, 6.45) is 0.496. The van der Waals surface area contributed by atoms with Crippen LogP contribution in [0.2, 0.25) is 36.3 Å². The third-order valence-corrected chi connectivity index (χ3v) is 18.0. The van der Waals surface area contributed by atoms with Crippen LogP contribution < -0.4 is 0 Å². The Kier molecular flexibility index (Phi) is 10.5. The van der Waals surface area contributed by atoms with Crippen molar-refractivity contribution in [3.8, 4) is 0 Å². The van der Waals surface area contributed by atoms with Crippen LogP contribution in [0.4, 0.5) is 0 Å². The van der Waals surface area contributed by atoms with Crippen molar-refractivity contribution in [3.05, 3.63) is 0 Å². The van der Waals surface area contributed by atoms with Crippen LogP contribution in [0.15, 0.2) is 0 Å². The van der Waals surface area contributed by atoms with E-state index in [0.717, 1.165) is 12.8 Å². The quantitative estimate of drug-likeness (QED) is 0.295. The Bertz CT molecular complexity index is 729. The number of hydrogen-bond acceptors (Lipinski definition) is 7. The van der Waals surface area contributed by atoms with Gasteiger partial charge in [0.05, 0.1) is 30.5 Å². The zero-order valence-corrected chi connectivity index (χ0v) is 27.0. The van der Waals surface area contributed by atoms with Gasteiger partial charge in [-0.25, -0.2) is 0 Å². The zero-order valence-electron chi connectivity index (χ0n) is 25.0. The molecule has 2 aliphatic heterocycles. The fourth-order valence-electron chi connectivity index (χ4n) is 4.63. The molecule has 0 aromatic heterocycles. The molecule has 0 bridgehead atoms. The van der Waals surface area contributed by atoms with Gasteiger partial charge in [0.15, 0.2) is 16.6 Å². The number of carbonyl (C=O) groups is 1. The lowest BCUT2D eigenvalue weighted by molar-refractivity contribution is -0.268. The minimum absolute atomic E-state index is 0.0231. The molecule has 36 heavy (non-hydrogen) atoms. The Balaban J connectivity index is 2.27. The van der Waals surface area contributed by atoms with Gasteiger partial charge in [0, 0.05) is 38.9 Å². The monoisotopic (exact) mass is 546 g/mol. The van der Waals surface area contributed by atoms with Crippen LogP contribution in [0.25, 0.3) is 0 Å². The molecule has 2 rings (SSSR count). The lowest BCUT2D eigenvalue weighted by Gasteiger charge is -2.52. The largest absolute Gasteiger partial charge is 0.459 e. The number of fused-ring (bicyclic) bond motifs is 1. The molecule has 0 spiro atoms. The van der Waals surface area contributed by atoms with Gasteiger partial charge in [-0.15, -0.1) is 0 Å². The smallest absolute Gasteiger partial charge is 0.303 e. The molecule has 2 heterocycles. The van der Waals surface area contributed by atoms with Crippen LogP contribution in [0.1, 0.15) is 74.7 Å². The summed E-state index contributed by atoms with van der Waals surface area (Å²) >= 11 is 0. The third-order valence-electron chi connectivity index (χ3n) is 8.97. The van der Waals surface area contributed by atoms with Crippen LogP contribution >= 0.6 is 0 Å². The Labute approximate surface area is 222 Å². The lowest BCUT2D eigenvalue weighted by atomic mass is 9.81. The molecule has 2 aliphatic rings. The fourth-order valence-corrected chi connectivity index (χ4v) is 7.05. The minimum atomic E-state index is -2.06. The van der Waals surface area contributed by atoms with Gasteiger partial charge in [-0.05, 0) is 42.7 Å². The second kappa shape index (κ2) is 11.8. The minimum Gasteiger partial charge on any atom is -0.459 e. The topological polar surface area (TPSA) is 83.5 Å². The summed E-state index contributed by atoms with van der Waals surface area (Å²) in [5.41, 5.74) is 0. The van der Waals surface area contributed by atoms with E-state index in [-0.39, 0.29) is 59.1 Å². The molecule has 2 unspecified atom stereocenters. The standard InChI is InChI=1S/C27H54O7Si2/c1-18-24(31-19(2)29)21(13-15-28)32-23-17-22(34-36(11,12)27(6,7)8)20(33-25(18)23)14-16-30-35(9,10)26(3,4)5/h18,20-25,28H,13-17H2,1-12H3/t18-,20?,21+,22?,23+,24-,25+/m1/s1. The van der Waals surface area contributed by atoms with E-state index in [1.165, 1.54) is 6.92 Å². The molecule has 7 atom stereocenters. The van der Waals surface area contributed by atoms with Crippen molar-refractivity contribution in [3.63, 3.8) is 0 Å². The van der Waals surface area contributed by atoms with Gasteiger partial charge in [-0.3, -0.25) is 4.79 Å². The predicted octanol–water partition coefficient (Wildman–Crippen LogP) is 5.66. The normalized spacial score (nSPS) is 32.2. The molecule has 212 valence electrons. The molecule has 0 aromatic carbocycles. The third kappa shape index (κ3) is 7.64. The van der Waals surface area contributed by atoms with E-state index in [9.17, 15) is 9.90 Å². The van der Waals surface area contributed by atoms with Gasteiger partial charge in [0.25, 0.3) is 0 Å². The maximum atomic E-state index is 11.8. The summed E-state index contributed by atoms with van der Waals surface area (Å²) in [4.78, 5) is 11.8. The summed E-state index contributed by atoms with van der Waals surface area (Å²) in [6.45, 7) is 26.7. The molecule has 0 aromatic rings. The maximum Gasteiger partial charge on any atom is 0.303 e. The summed E-state index contributed by atoms with van der Waals surface area (Å²) in [5, 5.41) is 9.85. The van der Waals surface area contributed by atoms with Crippen molar-refractivity contribution < 1.29 is 33.0 Å². The number of carbonyl (C=O) groups excluding carboxylic acids is 1. The van der Waals surface area contributed by atoms with E-state index < -0.39 is 22.7 Å². The predicted molar refractivity (Wildman–Crippen MR) is 148 cm³/mol. The summed E-state index contributed by atoms with van der Waals surface area (Å²) < 4.78 is 32.3. The average Bonchev–Trinajstić information content (AvgIpc) is 2.69. The van der Waals surface area contributed by atoms with Gasteiger partial charge >= 0.3 is 5.97 Å². The highest BCUT2D eigenvalue weighted by molar-refractivity contribution is 6.74. The van der Waals surface area contributed by atoms with Crippen molar-refractivity contribution in [1.29, 1.82) is 0 Å². The SMILES string of the molecule is CC(=O)O[C@@H]1[C@@H](C)[C@@H]2OC(CCO[Si](C)(C)C(C)(C)C)C(O[Si](C)(C)C(C)(C)C)C[C@@H]2O[C@H]1CCO. The van der Waals surface area contributed by atoms with Crippen LogP contribution in [0, 0.1) is 5.92 Å². The molecule has 0 amide bonds. The van der Waals surface area contributed by atoms with Gasteiger partial charge in [0.2, 0.25) is 0 Å². The molecule has 9 heteroatoms. The Morgan fingerprint density at radius 1 is 0.944 bits per heavy atom. The number of hydrogen-bond donors (Lipinski definition) is 1. The van der Waals surface area contributed by atoms with Crippen LogP contribution in [0.5, 0.6) is 0 Å². The van der Waals surface area contributed by atoms with Crippen molar-refractivity contribution in [2.45, 2.75) is 148 Å². The van der Waals surface area contributed by atoms with Crippen LogP contribution in [0.3, 0.4) is 0 Å². The van der Waals surface area contributed by atoms with E-state index in [2.05, 4.69) is 74.7 Å². The highest BCUT2D eigenvalue weighted by atomic mass is 28.4. The molecule has 0 saturated carbocycles. The lowest BCUT2D eigenvalue weighted by Crippen LogP contribution is -2.62. The Hall–Kier alpha value is -0.296. The van der Waals surface area contributed by atoms with Crippen molar-refractivity contribution in [1.82, 2.24) is 0 Å². The van der Waals surface area contributed by atoms with E-state index in [0.29, 0.717) is 13.0 Å². The number of rotatable bonds is 9. The second-order valence-corrected chi connectivity index (χ2v) is 23.4. The van der Waals surface area contributed by atoms with Crippen molar-refractivity contribution in [2.75, 3.05) is 13.2 Å². The molecule has 0 radical (unpaired) electrons. The highest BCUT2D eigenvalue weighted by Crippen LogP contribution is 2.43. The Morgan fingerprint density at radius 2 is 1.53 bits per heavy atom. The maximum absolute atomic E-state index is 11.8. The summed E-state index contributed by atoms with van der Waals surface area (Å²) in [5.74, 6) is -0.395. The Morgan fingerprint density at radius 3 is 2.03 bits per heavy atom. The molecule has 7 nitrogen and oxygen atoms in total. The first-order valence-corrected chi connectivity index (χ1v) is 19.5. The molecular weight excluding hydrogens is 492 g/mol. The fraction of sp³-hybridized carbons (Fsp3) is 0.963. The van der Waals surface area contributed by atoms with Gasteiger partial charge in [0.1, 0.15) is 6.10 Å². The van der Waals surface area contributed by atoms with E-state index in [1.54, 1.807) is 0 Å². The van der Waals surface area contributed by atoms with E-state index >= 15 is 0 Å². The van der Waals surface area contributed by atoms with Crippen molar-refractivity contribution in [2.24, 2.45) is 5.92 Å². The molecule has 2 fully saturated rings. The highest BCUT2D eigenvalue weighted by Gasteiger charge is 2.52. The first kappa shape index (κ1) is 31.9. The average molecular weight is 547 g/mol. The van der Waals surface area contributed by atoms with E-state index in [4.69, 9.17) is 23.1 Å².